The highest BCUT2D eigenvalue weighted by atomic mass is 16.5. The third kappa shape index (κ3) is 2.91. The zero-order valence-corrected chi connectivity index (χ0v) is 13.0. The van der Waals surface area contributed by atoms with Crippen LogP contribution >= 0.6 is 0 Å². The SMILES string of the molecule is CCc1cccnc1C(NN)c1c(OC)cnn1C(C)C. The van der Waals surface area contributed by atoms with Gasteiger partial charge in [-0.15, -0.1) is 0 Å². The second kappa shape index (κ2) is 6.69. The van der Waals surface area contributed by atoms with Crippen LogP contribution in [-0.2, 0) is 6.42 Å². The zero-order valence-electron chi connectivity index (χ0n) is 13.0. The van der Waals surface area contributed by atoms with Gasteiger partial charge in [0, 0.05) is 12.2 Å². The summed E-state index contributed by atoms with van der Waals surface area (Å²) in [5, 5.41) is 4.40. The molecule has 1 unspecified atom stereocenters. The lowest BCUT2D eigenvalue weighted by Gasteiger charge is -2.22. The van der Waals surface area contributed by atoms with Crippen molar-refractivity contribution in [1.82, 2.24) is 20.2 Å². The molecule has 0 aliphatic carbocycles. The van der Waals surface area contributed by atoms with Gasteiger partial charge >= 0.3 is 0 Å². The van der Waals surface area contributed by atoms with Crippen LogP contribution in [0.5, 0.6) is 5.75 Å². The van der Waals surface area contributed by atoms with Crippen LogP contribution in [0.2, 0.25) is 0 Å². The minimum absolute atomic E-state index is 0.202. The van der Waals surface area contributed by atoms with Crippen LogP contribution in [0.15, 0.2) is 24.5 Å². The van der Waals surface area contributed by atoms with Gasteiger partial charge in [-0.1, -0.05) is 13.0 Å². The van der Waals surface area contributed by atoms with Crippen LogP contribution in [-0.4, -0.2) is 21.9 Å². The molecule has 2 heterocycles. The number of hydrazine groups is 1. The van der Waals surface area contributed by atoms with Crippen molar-refractivity contribution in [1.29, 1.82) is 0 Å². The molecule has 21 heavy (non-hydrogen) atoms. The second-order valence-electron chi connectivity index (χ2n) is 5.14. The molecule has 2 rings (SSSR count). The van der Waals surface area contributed by atoms with E-state index in [0.717, 1.165) is 23.4 Å². The Balaban J connectivity index is 2.58. The Kier molecular flexibility index (Phi) is 4.93. The van der Waals surface area contributed by atoms with Gasteiger partial charge in [0.05, 0.1) is 19.0 Å². The molecule has 0 aromatic carbocycles. The van der Waals surface area contributed by atoms with Gasteiger partial charge in [0.1, 0.15) is 11.7 Å². The van der Waals surface area contributed by atoms with Gasteiger partial charge in [0.25, 0.3) is 0 Å². The van der Waals surface area contributed by atoms with E-state index >= 15 is 0 Å². The monoisotopic (exact) mass is 289 g/mol. The second-order valence-corrected chi connectivity index (χ2v) is 5.14. The van der Waals surface area contributed by atoms with Crippen LogP contribution < -0.4 is 16.0 Å². The molecule has 1 atom stereocenters. The van der Waals surface area contributed by atoms with E-state index in [1.54, 1.807) is 19.5 Å². The summed E-state index contributed by atoms with van der Waals surface area (Å²) in [6.07, 6.45) is 4.38. The topological polar surface area (TPSA) is 78.0 Å². The summed E-state index contributed by atoms with van der Waals surface area (Å²) in [6.45, 7) is 6.25. The van der Waals surface area contributed by atoms with Gasteiger partial charge in [-0.3, -0.25) is 15.5 Å². The van der Waals surface area contributed by atoms with E-state index in [1.807, 2.05) is 10.7 Å². The highest BCUT2D eigenvalue weighted by Crippen LogP contribution is 2.31. The fourth-order valence-electron chi connectivity index (χ4n) is 2.50. The van der Waals surface area contributed by atoms with Gasteiger partial charge in [0.15, 0.2) is 5.75 Å². The molecular formula is C15H23N5O. The zero-order chi connectivity index (χ0) is 15.4. The van der Waals surface area contributed by atoms with E-state index < -0.39 is 0 Å². The van der Waals surface area contributed by atoms with Crippen LogP contribution in [0.25, 0.3) is 0 Å². The van der Waals surface area contributed by atoms with Crippen molar-refractivity contribution in [2.75, 3.05) is 7.11 Å². The van der Waals surface area contributed by atoms with E-state index in [2.05, 4.69) is 42.3 Å². The highest BCUT2D eigenvalue weighted by Gasteiger charge is 2.26. The van der Waals surface area contributed by atoms with E-state index in [9.17, 15) is 0 Å². The summed E-state index contributed by atoms with van der Waals surface area (Å²) < 4.78 is 7.36. The minimum Gasteiger partial charge on any atom is -0.493 e. The Hall–Kier alpha value is -1.92. The van der Waals surface area contributed by atoms with Crippen molar-refractivity contribution < 1.29 is 4.74 Å². The number of aryl methyl sites for hydroxylation is 1. The summed E-state index contributed by atoms with van der Waals surface area (Å²) >= 11 is 0. The normalized spacial score (nSPS) is 12.7. The lowest BCUT2D eigenvalue weighted by molar-refractivity contribution is 0.392. The summed E-state index contributed by atoms with van der Waals surface area (Å²) in [6, 6.07) is 3.94. The van der Waals surface area contributed by atoms with Gasteiger partial charge in [-0.25, -0.2) is 5.43 Å². The lowest BCUT2D eigenvalue weighted by atomic mass is 10.0. The number of ether oxygens (including phenoxy) is 1. The maximum atomic E-state index is 5.83. The van der Waals surface area contributed by atoms with Crippen molar-refractivity contribution >= 4 is 0 Å². The number of hydrogen-bond donors (Lipinski definition) is 2. The Morgan fingerprint density at radius 2 is 2.19 bits per heavy atom. The minimum atomic E-state index is -0.263. The average Bonchev–Trinajstić information content (AvgIpc) is 2.92. The standard InChI is InChI=1S/C15H23N5O/c1-5-11-7-6-8-17-13(11)14(19-16)15-12(21-4)9-18-20(15)10(2)3/h6-10,14,19H,5,16H2,1-4H3. The molecule has 0 amide bonds. The number of methoxy groups -OCH3 is 1. The van der Waals surface area contributed by atoms with Crippen molar-refractivity contribution in [3.63, 3.8) is 0 Å². The fraction of sp³-hybridized carbons (Fsp3) is 0.467. The van der Waals surface area contributed by atoms with Gasteiger partial charge in [0.2, 0.25) is 0 Å². The number of aromatic nitrogens is 3. The van der Waals surface area contributed by atoms with E-state index in [4.69, 9.17) is 10.6 Å². The molecule has 0 spiro atoms. The highest BCUT2D eigenvalue weighted by molar-refractivity contribution is 5.37. The largest absolute Gasteiger partial charge is 0.493 e. The molecule has 0 saturated heterocycles. The maximum absolute atomic E-state index is 5.83. The lowest BCUT2D eigenvalue weighted by Crippen LogP contribution is -2.32. The molecular weight excluding hydrogens is 266 g/mol. The first kappa shape index (κ1) is 15.5. The molecule has 0 saturated carbocycles. The van der Waals surface area contributed by atoms with Crippen molar-refractivity contribution in [3.8, 4) is 5.75 Å². The van der Waals surface area contributed by atoms with Crippen LogP contribution in [0, 0.1) is 0 Å². The average molecular weight is 289 g/mol. The first-order valence-corrected chi connectivity index (χ1v) is 7.15. The summed E-state index contributed by atoms with van der Waals surface area (Å²) in [4.78, 5) is 4.51. The predicted octanol–water partition coefficient (Wildman–Crippen LogP) is 1.98. The van der Waals surface area contributed by atoms with Gasteiger partial charge < -0.3 is 4.74 Å². The Bertz CT molecular complexity index is 593. The van der Waals surface area contributed by atoms with Crippen LogP contribution in [0.1, 0.15) is 49.8 Å². The molecule has 6 heteroatoms. The molecule has 2 aromatic rings. The van der Waals surface area contributed by atoms with Gasteiger partial charge in [-0.05, 0) is 31.9 Å². The van der Waals surface area contributed by atoms with Crippen molar-refractivity contribution in [3.05, 3.63) is 41.5 Å². The van der Waals surface area contributed by atoms with Crippen LogP contribution in [0.3, 0.4) is 0 Å². The summed E-state index contributed by atoms with van der Waals surface area (Å²) in [7, 11) is 1.64. The van der Waals surface area contributed by atoms with E-state index in [-0.39, 0.29) is 12.1 Å². The number of hydrogen-bond acceptors (Lipinski definition) is 5. The quantitative estimate of drug-likeness (QED) is 0.628. The number of pyridine rings is 1. The maximum Gasteiger partial charge on any atom is 0.162 e. The number of nitrogens with zero attached hydrogens (tertiary/aromatic N) is 3. The summed E-state index contributed by atoms with van der Waals surface area (Å²) in [5.41, 5.74) is 5.81. The third-order valence-corrected chi connectivity index (χ3v) is 3.53. The Labute approximate surface area is 125 Å². The molecule has 0 bridgehead atoms. The number of nitrogens with one attached hydrogen (secondary N) is 1. The predicted molar refractivity (Wildman–Crippen MR) is 81.9 cm³/mol. The molecule has 0 aliphatic rings. The van der Waals surface area contributed by atoms with Crippen molar-refractivity contribution in [2.45, 2.75) is 39.3 Å². The van der Waals surface area contributed by atoms with Crippen molar-refractivity contribution in [2.24, 2.45) is 5.84 Å². The number of rotatable bonds is 6. The van der Waals surface area contributed by atoms with E-state index in [1.165, 1.54) is 0 Å². The third-order valence-electron chi connectivity index (χ3n) is 3.53. The Morgan fingerprint density at radius 1 is 1.43 bits per heavy atom. The first-order chi connectivity index (χ1) is 10.1. The molecule has 0 aliphatic heterocycles. The molecule has 0 radical (unpaired) electrons. The molecule has 114 valence electrons. The van der Waals surface area contributed by atoms with Gasteiger partial charge in [-0.2, -0.15) is 5.10 Å². The molecule has 2 aromatic heterocycles. The first-order valence-electron chi connectivity index (χ1n) is 7.15. The smallest absolute Gasteiger partial charge is 0.162 e. The molecule has 6 nitrogen and oxygen atoms in total. The summed E-state index contributed by atoms with van der Waals surface area (Å²) in [5.74, 6) is 6.53. The van der Waals surface area contributed by atoms with E-state index in [0.29, 0.717) is 5.75 Å². The molecule has 3 N–H and O–H groups in total. The number of nitrogens with two attached hydrogens (primary N) is 1. The molecule has 0 fully saturated rings. The Morgan fingerprint density at radius 3 is 2.76 bits per heavy atom. The fourth-order valence-corrected chi connectivity index (χ4v) is 2.50. The van der Waals surface area contributed by atoms with Crippen LogP contribution in [0.4, 0.5) is 0 Å².